The molecule has 5 rings (SSSR count). The molecule has 1 atom stereocenters. The first kappa shape index (κ1) is 30.8. The van der Waals surface area contributed by atoms with Gasteiger partial charge in [-0.05, 0) is 91.4 Å². The predicted octanol–water partition coefficient (Wildman–Crippen LogP) is 7.45. The Balaban J connectivity index is 1.05. The number of rotatable bonds is 14. The quantitative estimate of drug-likeness (QED) is 0.128. The minimum absolute atomic E-state index is 0.00830. The number of nitrogens with zero attached hydrogens (tertiary/aromatic N) is 2. The maximum atomic E-state index is 13.0. The number of hydrogen-bond donors (Lipinski definition) is 0. The first-order valence-electron chi connectivity index (χ1n) is 14.5. The zero-order valence-electron chi connectivity index (χ0n) is 24.8. The number of benzene rings is 3. The summed E-state index contributed by atoms with van der Waals surface area (Å²) in [5.74, 6) is 4.56. The third-order valence-corrected chi connectivity index (χ3v) is 8.40. The minimum atomic E-state index is 0.00830. The van der Waals surface area contributed by atoms with E-state index in [1.807, 2.05) is 47.5 Å². The molecule has 0 N–H and O–H groups in total. The van der Waals surface area contributed by atoms with Crippen LogP contribution in [0.3, 0.4) is 0 Å². The van der Waals surface area contributed by atoms with Gasteiger partial charge >= 0.3 is 0 Å². The molecule has 2 heterocycles. The van der Waals surface area contributed by atoms with Crippen molar-refractivity contribution >= 4 is 40.4 Å². The molecular formula is C33H37IN2O7. The van der Waals surface area contributed by atoms with E-state index in [4.69, 9.17) is 28.4 Å². The van der Waals surface area contributed by atoms with E-state index in [2.05, 4.69) is 27.6 Å². The van der Waals surface area contributed by atoms with Gasteiger partial charge in [0.2, 0.25) is 0 Å². The van der Waals surface area contributed by atoms with E-state index in [1.54, 1.807) is 33.5 Å². The second-order valence-corrected chi connectivity index (χ2v) is 11.5. The molecule has 1 saturated heterocycles. The van der Waals surface area contributed by atoms with Gasteiger partial charge in [0.1, 0.15) is 17.2 Å². The molecule has 228 valence electrons. The molecule has 0 aliphatic carbocycles. The van der Waals surface area contributed by atoms with Crippen LogP contribution in [-0.4, -0.2) is 64.2 Å². The molecule has 0 unspecified atom stereocenters. The fourth-order valence-electron chi connectivity index (χ4n) is 5.21. The summed E-state index contributed by atoms with van der Waals surface area (Å²) >= 11 is 2.25. The number of halogens is 1. The largest absolute Gasteiger partial charge is 0.493 e. The van der Waals surface area contributed by atoms with Gasteiger partial charge in [-0.2, -0.15) is 0 Å². The average molecular weight is 701 g/mol. The average Bonchev–Trinajstić information content (AvgIpc) is 3.46. The highest BCUT2D eigenvalue weighted by atomic mass is 127. The van der Waals surface area contributed by atoms with Crippen LogP contribution in [0.15, 0.2) is 53.5 Å². The monoisotopic (exact) mass is 700 g/mol. The molecule has 0 radical (unpaired) electrons. The number of fused-ring (bicyclic) bond motifs is 2. The van der Waals surface area contributed by atoms with E-state index >= 15 is 0 Å². The Morgan fingerprint density at radius 2 is 1.49 bits per heavy atom. The fourth-order valence-corrected chi connectivity index (χ4v) is 5.65. The highest BCUT2D eigenvalue weighted by Gasteiger charge is 2.32. The molecule has 9 nitrogen and oxygen atoms in total. The summed E-state index contributed by atoms with van der Waals surface area (Å²) in [6, 6.07) is 14.9. The summed E-state index contributed by atoms with van der Waals surface area (Å²) < 4.78 is 35.4. The van der Waals surface area contributed by atoms with Gasteiger partial charge in [0, 0.05) is 31.0 Å². The Morgan fingerprint density at radius 1 is 0.791 bits per heavy atom. The second kappa shape index (κ2) is 14.7. The number of methoxy groups -OCH3 is 3. The van der Waals surface area contributed by atoms with Gasteiger partial charge in [-0.3, -0.25) is 9.79 Å². The molecule has 3 aromatic carbocycles. The molecule has 0 bridgehead atoms. The summed E-state index contributed by atoms with van der Waals surface area (Å²) in [5, 5.41) is 0. The van der Waals surface area contributed by atoms with E-state index in [0.29, 0.717) is 59.0 Å². The van der Waals surface area contributed by atoms with Crippen molar-refractivity contribution in [2.45, 2.75) is 44.6 Å². The molecule has 1 amide bonds. The van der Waals surface area contributed by atoms with Crippen LogP contribution >= 0.6 is 22.6 Å². The van der Waals surface area contributed by atoms with Gasteiger partial charge in [-0.15, -0.1) is 0 Å². The predicted molar refractivity (Wildman–Crippen MR) is 173 cm³/mol. The number of unbranched alkanes of at least 4 members (excludes halogenated alkanes) is 3. The topological polar surface area (TPSA) is 88.1 Å². The number of aliphatic imine (C=N–C) groups is 1. The lowest BCUT2D eigenvalue weighted by molar-refractivity contribution is 0.0774. The highest BCUT2D eigenvalue weighted by Crippen LogP contribution is 2.38. The lowest BCUT2D eigenvalue weighted by Gasteiger charge is -2.20. The van der Waals surface area contributed by atoms with Crippen LogP contribution in [0.4, 0.5) is 5.69 Å². The van der Waals surface area contributed by atoms with E-state index in [1.165, 1.54) is 0 Å². The van der Waals surface area contributed by atoms with Crippen LogP contribution in [0.2, 0.25) is 0 Å². The number of carbonyl (C=O) groups is 1. The Morgan fingerprint density at radius 3 is 2.26 bits per heavy atom. The SMILES string of the molecule is COc1ccc(Oc2cc(OCCCCCCOc3cc4c(cc3OC)C(=O)N3CCC[C@H]3C=N4)ccc2I)cc1OC. The number of carbonyl (C=O) groups excluding carboxylic acids is 1. The summed E-state index contributed by atoms with van der Waals surface area (Å²) in [6.07, 6.45) is 7.68. The fraction of sp³-hybridized carbons (Fsp3) is 0.394. The third-order valence-electron chi connectivity index (χ3n) is 7.51. The first-order valence-corrected chi connectivity index (χ1v) is 15.6. The van der Waals surface area contributed by atoms with Crippen molar-refractivity contribution in [2.75, 3.05) is 41.1 Å². The van der Waals surface area contributed by atoms with Crippen molar-refractivity contribution in [1.29, 1.82) is 0 Å². The minimum Gasteiger partial charge on any atom is -0.493 e. The third kappa shape index (κ3) is 7.46. The summed E-state index contributed by atoms with van der Waals surface area (Å²) in [5.41, 5.74) is 1.21. The molecule has 43 heavy (non-hydrogen) atoms. The molecule has 0 spiro atoms. The summed E-state index contributed by atoms with van der Waals surface area (Å²) in [7, 11) is 4.80. The van der Waals surface area contributed by atoms with Gasteiger partial charge in [0.25, 0.3) is 5.91 Å². The zero-order chi connectivity index (χ0) is 30.2. The zero-order valence-corrected chi connectivity index (χ0v) is 26.9. The molecule has 1 fully saturated rings. The first-order chi connectivity index (χ1) is 21.0. The molecule has 0 aromatic heterocycles. The van der Waals surface area contributed by atoms with E-state index in [0.717, 1.165) is 54.4 Å². The number of hydrogen-bond acceptors (Lipinski definition) is 8. The van der Waals surface area contributed by atoms with Crippen molar-refractivity contribution in [3.05, 3.63) is 57.7 Å². The van der Waals surface area contributed by atoms with Gasteiger partial charge in [-0.1, -0.05) is 0 Å². The van der Waals surface area contributed by atoms with Gasteiger partial charge in [0.15, 0.2) is 23.0 Å². The normalized spacial score (nSPS) is 15.4. The van der Waals surface area contributed by atoms with Crippen LogP contribution in [0.5, 0.6) is 40.2 Å². The number of amides is 1. The molecule has 0 saturated carbocycles. The van der Waals surface area contributed by atoms with Gasteiger partial charge in [-0.25, -0.2) is 0 Å². The number of ether oxygens (including phenoxy) is 6. The van der Waals surface area contributed by atoms with Crippen molar-refractivity contribution in [3.63, 3.8) is 0 Å². The maximum absolute atomic E-state index is 13.0. The lowest BCUT2D eigenvalue weighted by atomic mass is 10.1. The molecule has 2 aliphatic heterocycles. The smallest absolute Gasteiger partial charge is 0.256 e. The van der Waals surface area contributed by atoms with Crippen LogP contribution in [0.25, 0.3) is 0 Å². The molecular weight excluding hydrogens is 663 g/mol. The Bertz CT molecular complexity index is 1460. The standard InChI is InChI=1S/C33H37IN2O7/c1-38-28-13-11-24(18-30(28)39-2)43-29-17-23(10-12-26(29)34)41-15-6-4-5-7-16-42-32-20-27-25(19-31(32)40-3)33(37)36-14-8-9-22(36)21-35-27/h10-13,17-22H,4-9,14-16H2,1-3H3/t22-/m0/s1. The summed E-state index contributed by atoms with van der Waals surface area (Å²) in [6.45, 7) is 1.93. The Kier molecular flexibility index (Phi) is 10.5. The second-order valence-electron chi connectivity index (χ2n) is 10.3. The van der Waals surface area contributed by atoms with Crippen molar-refractivity contribution in [3.8, 4) is 40.2 Å². The van der Waals surface area contributed by atoms with E-state index in [-0.39, 0.29) is 11.9 Å². The van der Waals surface area contributed by atoms with Gasteiger partial charge in [0.05, 0.1) is 55.4 Å². The van der Waals surface area contributed by atoms with Crippen LogP contribution in [0, 0.1) is 3.57 Å². The van der Waals surface area contributed by atoms with Crippen LogP contribution in [-0.2, 0) is 0 Å². The maximum Gasteiger partial charge on any atom is 0.256 e. The Hall–Kier alpha value is -3.67. The van der Waals surface area contributed by atoms with Crippen LogP contribution < -0.4 is 28.4 Å². The van der Waals surface area contributed by atoms with E-state index in [9.17, 15) is 4.79 Å². The molecule has 3 aromatic rings. The van der Waals surface area contributed by atoms with Crippen molar-refractivity contribution < 1.29 is 33.2 Å². The Labute approximate surface area is 266 Å². The van der Waals surface area contributed by atoms with Gasteiger partial charge < -0.3 is 33.3 Å². The molecule has 2 aliphatic rings. The summed E-state index contributed by atoms with van der Waals surface area (Å²) in [4.78, 5) is 19.5. The molecule has 10 heteroatoms. The highest BCUT2D eigenvalue weighted by molar-refractivity contribution is 14.1. The van der Waals surface area contributed by atoms with Crippen molar-refractivity contribution in [2.24, 2.45) is 4.99 Å². The van der Waals surface area contributed by atoms with Crippen molar-refractivity contribution in [1.82, 2.24) is 4.90 Å². The lowest BCUT2D eigenvalue weighted by Crippen LogP contribution is -2.35. The van der Waals surface area contributed by atoms with E-state index < -0.39 is 0 Å². The van der Waals surface area contributed by atoms with Crippen LogP contribution in [0.1, 0.15) is 48.9 Å².